The van der Waals surface area contributed by atoms with Crippen LogP contribution in [0.5, 0.6) is 0 Å². The number of benzene rings is 1. The van der Waals surface area contributed by atoms with Crippen molar-refractivity contribution in [3.05, 3.63) is 29.3 Å². The van der Waals surface area contributed by atoms with Gasteiger partial charge in [0.2, 0.25) is 0 Å². The van der Waals surface area contributed by atoms with E-state index in [1.165, 1.54) is 34.7 Å². The molecule has 2 rings (SSSR count). The van der Waals surface area contributed by atoms with E-state index >= 15 is 0 Å². The minimum Gasteiger partial charge on any atom is -0.371 e. The zero-order chi connectivity index (χ0) is 11.5. The van der Waals surface area contributed by atoms with Crippen LogP contribution in [0.3, 0.4) is 0 Å². The highest BCUT2D eigenvalue weighted by atomic mass is 35.5. The van der Waals surface area contributed by atoms with Crippen LogP contribution in [0.4, 0.5) is 5.69 Å². The summed E-state index contributed by atoms with van der Waals surface area (Å²) in [7, 11) is 2.21. The number of alkyl halides is 1. The average molecular weight is 256 g/mol. The molecule has 0 aliphatic carbocycles. The van der Waals surface area contributed by atoms with Crippen molar-refractivity contribution in [2.75, 3.05) is 23.5 Å². The molecule has 0 amide bonds. The van der Waals surface area contributed by atoms with Gasteiger partial charge in [0.1, 0.15) is 0 Å². The quantitative estimate of drug-likeness (QED) is 0.758. The van der Waals surface area contributed by atoms with Crippen LogP contribution in [-0.2, 0) is 5.88 Å². The fraction of sp³-hybridized carbons (Fsp3) is 0.538. The maximum absolute atomic E-state index is 5.84. The van der Waals surface area contributed by atoms with Crippen LogP contribution >= 0.6 is 23.4 Å². The molecule has 0 spiro atoms. The Bertz CT molecular complexity index is 361. The number of hydrogen-bond donors (Lipinski definition) is 0. The molecule has 1 aromatic carbocycles. The van der Waals surface area contributed by atoms with Crippen molar-refractivity contribution in [2.45, 2.75) is 25.3 Å². The van der Waals surface area contributed by atoms with Gasteiger partial charge in [0.15, 0.2) is 0 Å². The van der Waals surface area contributed by atoms with Crippen molar-refractivity contribution >= 4 is 29.1 Å². The highest BCUT2D eigenvalue weighted by Crippen LogP contribution is 2.28. The first kappa shape index (κ1) is 12.1. The standard InChI is InChI=1S/C13H18ClNS/c1-10-7-11(8-14)3-4-13(10)15(2)12-5-6-16-9-12/h3-4,7,12H,5-6,8-9H2,1-2H3. The second-order valence-corrected chi connectivity index (χ2v) is 5.80. The van der Waals surface area contributed by atoms with Gasteiger partial charge in [-0.05, 0) is 36.3 Å². The summed E-state index contributed by atoms with van der Waals surface area (Å²) in [6.07, 6.45) is 1.30. The van der Waals surface area contributed by atoms with E-state index in [1.807, 2.05) is 0 Å². The monoisotopic (exact) mass is 255 g/mol. The molecule has 0 N–H and O–H groups in total. The van der Waals surface area contributed by atoms with E-state index in [4.69, 9.17) is 11.6 Å². The number of anilines is 1. The molecule has 3 heteroatoms. The second kappa shape index (κ2) is 5.33. The lowest BCUT2D eigenvalue weighted by atomic mass is 10.1. The van der Waals surface area contributed by atoms with Crippen LogP contribution in [0.2, 0.25) is 0 Å². The minimum absolute atomic E-state index is 0.601. The van der Waals surface area contributed by atoms with Crippen LogP contribution in [0, 0.1) is 6.92 Å². The summed E-state index contributed by atoms with van der Waals surface area (Å²) in [5, 5.41) is 0. The first-order chi connectivity index (χ1) is 7.72. The van der Waals surface area contributed by atoms with Gasteiger partial charge in [0.25, 0.3) is 0 Å². The molecule has 16 heavy (non-hydrogen) atoms. The maximum atomic E-state index is 5.84. The fourth-order valence-corrected chi connectivity index (χ4v) is 3.65. The Morgan fingerprint density at radius 3 is 2.88 bits per heavy atom. The Morgan fingerprint density at radius 2 is 2.31 bits per heavy atom. The minimum atomic E-state index is 0.601. The average Bonchev–Trinajstić information content (AvgIpc) is 2.81. The maximum Gasteiger partial charge on any atom is 0.0474 e. The highest BCUT2D eigenvalue weighted by molar-refractivity contribution is 7.99. The van der Waals surface area contributed by atoms with Gasteiger partial charge in [-0.15, -0.1) is 11.6 Å². The number of nitrogens with zero attached hydrogens (tertiary/aromatic N) is 1. The van der Waals surface area contributed by atoms with E-state index in [9.17, 15) is 0 Å². The Kier molecular flexibility index (Phi) is 4.04. The Balaban J connectivity index is 2.19. The van der Waals surface area contributed by atoms with E-state index in [1.54, 1.807) is 0 Å². The van der Waals surface area contributed by atoms with Crippen LogP contribution < -0.4 is 4.90 Å². The molecule has 0 bridgehead atoms. The Labute approximate surface area is 107 Å². The van der Waals surface area contributed by atoms with Crippen molar-refractivity contribution in [3.8, 4) is 0 Å². The van der Waals surface area contributed by atoms with Crippen molar-refractivity contribution < 1.29 is 0 Å². The largest absolute Gasteiger partial charge is 0.371 e. The summed E-state index contributed by atoms with van der Waals surface area (Å²) < 4.78 is 0. The molecule has 0 radical (unpaired) electrons. The van der Waals surface area contributed by atoms with E-state index in [0.29, 0.717) is 11.9 Å². The summed E-state index contributed by atoms with van der Waals surface area (Å²) in [4.78, 5) is 2.42. The zero-order valence-electron chi connectivity index (χ0n) is 9.87. The molecule has 0 saturated carbocycles. The summed E-state index contributed by atoms with van der Waals surface area (Å²) >= 11 is 7.90. The molecule has 1 atom stereocenters. The van der Waals surface area contributed by atoms with Gasteiger partial charge in [0, 0.05) is 30.4 Å². The number of rotatable bonds is 3. The van der Waals surface area contributed by atoms with Gasteiger partial charge in [-0.1, -0.05) is 12.1 Å². The highest BCUT2D eigenvalue weighted by Gasteiger charge is 2.21. The molecule has 1 saturated heterocycles. The van der Waals surface area contributed by atoms with Gasteiger partial charge in [-0.2, -0.15) is 11.8 Å². The number of aryl methyl sites for hydroxylation is 1. The third-order valence-corrected chi connectivity index (χ3v) is 4.70. The molecule has 1 aromatic rings. The number of thioether (sulfide) groups is 1. The summed E-state index contributed by atoms with van der Waals surface area (Å²) in [5.41, 5.74) is 3.89. The topological polar surface area (TPSA) is 3.24 Å². The Morgan fingerprint density at radius 1 is 1.50 bits per heavy atom. The molecule has 1 fully saturated rings. The van der Waals surface area contributed by atoms with E-state index < -0.39 is 0 Å². The third kappa shape index (κ3) is 2.49. The molecule has 1 unspecified atom stereocenters. The van der Waals surface area contributed by atoms with Crippen molar-refractivity contribution in [1.82, 2.24) is 0 Å². The second-order valence-electron chi connectivity index (χ2n) is 4.38. The lowest BCUT2D eigenvalue weighted by Gasteiger charge is -2.27. The normalized spacial score (nSPS) is 20.1. The van der Waals surface area contributed by atoms with Crippen LogP contribution in [-0.4, -0.2) is 24.6 Å². The zero-order valence-corrected chi connectivity index (χ0v) is 11.4. The predicted octanol–water partition coefficient (Wildman–Crippen LogP) is 3.68. The summed E-state index contributed by atoms with van der Waals surface area (Å²) in [5.74, 6) is 3.16. The van der Waals surface area contributed by atoms with Gasteiger partial charge in [-0.25, -0.2) is 0 Å². The molecule has 0 aromatic heterocycles. The summed E-state index contributed by atoms with van der Waals surface area (Å²) in [6, 6.07) is 7.23. The van der Waals surface area contributed by atoms with Crippen molar-refractivity contribution in [1.29, 1.82) is 0 Å². The molecule has 88 valence electrons. The first-order valence-corrected chi connectivity index (χ1v) is 7.37. The number of hydrogen-bond acceptors (Lipinski definition) is 2. The molecule has 1 aliphatic heterocycles. The van der Waals surface area contributed by atoms with E-state index in [2.05, 4.69) is 48.8 Å². The smallest absolute Gasteiger partial charge is 0.0474 e. The lowest BCUT2D eigenvalue weighted by molar-refractivity contribution is 0.698. The van der Waals surface area contributed by atoms with Crippen LogP contribution in [0.15, 0.2) is 18.2 Å². The molecular weight excluding hydrogens is 238 g/mol. The van der Waals surface area contributed by atoms with Gasteiger partial charge >= 0.3 is 0 Å². The molecule has 1 heterocycles. The van der Waals surface area contributed by atoms with Crippen LogP contribution in [0.25, 0.3) is 0 Å². The Hall–Kier alpha value is -0.340. The third-order valence-electron chi connectivity index (χ3n) is 3.25. The SMILES string of the molecule is Cc1cc(CCl)ccc1N(C)C1CCSC1. The molecular formula is C13H18ClNS. The van der Waals surface area contributed by atoms with Gasteiger partial charge in [-0.3, -0.25) is 0 Å². The lowest BCUT2D eigenvalue weighted by Crippen LogP contribution is -2.31. The summed E-state index contributed by atoms with van der Waals surface area (Å²) in [6.45, 7) is 2.17. The van der Waals surface area contributed by atoms with Crippen LogP contribution in [0.1, 0.15) is 17.5 Å². The van der Waals surface area contributed by atoms with E-state index in [0.717, 1.165) is 0 Å². The number of halogens is 1. The predicted molar refractivity (Wildman–Crippen MR) is 74.9 cm³/mol. The fourth-order valence-electron chi connectivity index (χ4n) is 2.22. The first-order valence-electron chi connectivity index (χ1n) is 5.68. The van der Waals surface area contributed by atoms with Gasteiger partial charge in [0.05, 0.1) is 0 Å². The van der Waals surface area contributed by atoms with Crippen molar-refractivity contribution in [3.63, 3.8) is 0 Å². The molecule has 1 aliphatic rings. The van der Waals surface area contributed by atoms with Crippen molar-refractivity contribution in [2.24, 2.45) is 0 Å². The van der Waals surface area contributed by atoms with E-state index in [-0.39, 0.29) is 0 Å². The van der Waals surface area contributed by atoms with Gasteiger partial charge < -0.3 is 4.90 Å². The molecule has 1 nitrogen and oxygen atoms in total.